The van der Waals surface area contributed by atoms with E-state index in [1.165, 1.54) is 19.3 Å². The van der Waals surface area contributed by atoms with Gasteiger partial charge in [-0.1, -0.05) is 13.3 Å². The maximum absolute atomic E-state index is 6.02. The molecule has 0 aromatic heterocycles. The van der Waals surface area contributed by atoms with Crippen molar-refractivity contribution in [2.24, 2.45) is 5.92 Å². The molecule has 1 aliphatic heterocycles. The zero-order valence-corrected chi connectivity index (χ0v) is 12.1. The molecule has 0 radical (unpaired) electrons. The number of benzene rings is 1. The highest BCUT2D eigenvalue weighted by Gasteiger charge is 2.21. The van der Waals surface area contributed by atoms with E-state index in [-0.39, 0.29) is 0 Å². The highest BCUT2D eigenvalue weighted by Crippen LogP contribution is 2.38. The van der Waals surface area contributed by atoms with E-state index < -0.39 is 0 Å². The van der Waals surface area contributed by atoms with Crippen LogP contribution in [0.2, 0.25) is 0 Å². The van der Waals surface area contributed by atoms with Gasteiger partial charge in [-0.25, -0.2) is 0 Å². The summed E-state index contributed by atoms with van der Waals surface area (Å²) >= 11 is 0. The second-order valence-electron chi connectivity index (χ2n) is 5.60. The van der Waals surface area contributed by atoms with Crippen molar-refractivity contribution < 1.29 is 14.2 Å². The van der Waals surface area contributed by atoms with Crippen molar-refractivity contribution in [1.82, 2.24) is 5.32 Å². The summed E-state index contributed by atoms with van der Waals surface area (Å²) < 4.78 is 16.9. The van der Waals surface area contributed by atoms with Gasteiger partial charge in [-0.05, 0) is 37.8 Å². The zero-order chi connectivity index (χ0) is 13.8. The second kappa shape index (κ2) is 6.35. The molecule has 0 amide bonds. The highest BCUT2D eigenvalue weighted by atomic mass is 16.7. The molecule has 0 saturated heterocycles. The molecular weight excluding hydrogens is 254 g/mol. The topological polar surface area (TPSA) is 39.7 Å². The average molecular weight is 277 g/mol. The zero-order valence-electron chi connectivity index (χ0n) is 12.1. The van der Waals surface area contributed by atoms with E-state index in [4.69, 9.17) is 14.2 Å². The minimum absolute atomic E-state index is 0.309. The van der Waals surface area contributed by atoms with Gasteiger partial charge in [-0.2, -0.15) is 0 Å². The van der Waals surface area contributed by atoms with Crippen molar-refractivity contribution in [3.8, 4) is 17.2 Å². The van der Waals surface area contributed by atoms with Gasteiger partial charge in [0.1, 0.15) is 5.75 Å². The molecule has 1 aromatic carbocycles. The van der Waals surface area contributed by atoms with Crippen molar-refractivity contribution in [2.75, 3.05) is 19.9 Å². The van der Waals surface area contributed by atoms with Crippen molar-refractivity contribution in [3.63, 3.8) is 0 Å². The lowest BCUT2D eigenvalue weighted by Crippen LogP contribution is -2.20. The van der Waals surface area contributed by atoms with Gasteiger partial charge in [-0.15, -0.1) is 0 Å². The fourth-order valence-electron chi connectivity index (χ4n) is 2.50. The van der Waals surface area contributed by atoms with Crippen LogP contribution in [0.15, 0.2) is 12.1 Å². The molecule has 2 aliphatic rings. The first kappa shape index (κ1) is 13.6. The Hall–Kier alpha value is -1.42. The lowest BCUT2D eigenvalue weighted by molar-refractivity contribution is 0.172. The number of nitrogens with one attached hydrogen (secondary N) is 1. The van der Waals surface area contributed by atoms with Crippen LogP contribution >= 0.6 is 0 Å². The molecule has 1 aliphatic carbocycles. The van der Waals surface area contributed by atoms with E-state index in [9.17, 15) is 0 Å². The van der Waals surface area contributed by atoms with E-state index in [0.717, 1.165) is 54.8 Å². The third-order valence-electron chi connectivity index (χ3n) is 4.00. The fraction of sp³-hybridized carbons (Fsp3) is 0.625. The fourth-order valence-corrected chi connectivity index (χ4v) is 2.50. The maximum atomic E-state index is 6.02. The van der Waals surface area contributed by atoms with Crippen LogP contribution in [0.5, 0.6) is 17.2 Å². The van der Waals surface area contributed by atoms with Crippen molar-refractivity contribution in [2.45, 2.75) is 39.2 Å². The number of ether oxygens (including phenoxy) is 3. The Morgan fingerprint density at radius 2 is 2.05 bits per heavy atom. The molecular formula is C16H23NO3. The molecule has 3 rings (SSSR count). The molecule has 0 spiro atoms. The van der Waals surface area contributed by atoms with Gasteiger partial charge < -0.3 is 19.5 Å². The van der Waals surface area contributed by atoms with Crippen molar-refractivity contribution in [1.29, 1.82) is 0 Å². The first-order valence-electron chi connectivity index (χ1n) is 7.63. The Balaban J connectivity index is 1.70. The smallest absolute Gasteiger partial charge is 0.231 e. The van der Waals surface area contributed by atoms with Crippen LogP contribution in [-0.2, 0) is 6.54 Å². The summed E-state index contributed by atoms with van der Waals surface area (Å²) in [5.41, 5.74) is 1.15. The van der Waals surface area contributed by atoms with Crippen LogP contribution in [0.25, 0.3) is 0 Å². The average Bonchev–Trinajstić information content (AvgIpc) is 2.84. The normalized spacial score (nSPS) is 17.1. The molecule has 1 saturated carbocycles. The molecule has 4 heteroatoms. The lowest BCUT2D eigenvalue weighted by Gasteiger charge is -2.25. The molecule has 0 unspecified atom stereocenters. The van der Waals surface area contributed by atoms with E-state index >= 15 is 0 Å². The summed E-state index contributed by atoms with van der Waals surface area (Å²) in [7, 11) is 0. The molecule has 4 nitrogen and oxygen atoms in total. The van der Waals surface area contributed by atoms with Gasteiger partial charge in [0.05, 0.1) is 6.61 Å². The summed E-state index contributed by atoms with van der Waals surface area (Å²) in [6, 6.07) is 4.02. The largest absolute Gasteiger partial charge is 0.493 e. The summed E-state index contributed by atoms with van der Waals surface area (Å²) in [5, 5.41) is 3.42. The van der Waals surface area contributed by atoms with E-state index in [2.05, 4.69) is 12.2 Å². The molecule has 1 aromatic rings. The van der Waals surface area contributed by atoms with Crippen molar-refractivity contribution >= 4 is 0 Å². The summed E-state index contributed by atoms with van der Waals surface area (Å²) in [5.74, 6) is 3.30. The standard InChI is InChI=1S/C16H23NO3/c1-2-6-17-9-13-7-15-16(20-11-19-15)8-14(13)18-10-12-4-3-5-12/h7-8,12,17H,2-6,9-11H2,1H3. The molecule has 110 valence electrons. The second-order valence-corrected chi connectivity index (χ2v) is 5.60. The first-order chi connectivity index (χ1) is 9.86. The molecule has 0 atom stereocenters. The first-order valence-corrected chi connectivity index (χ1v) is 7.63. The van der Waals surface area contributed by atoms with Gasteiger partial charge >= 0.3 is 0 Å². The number of rotatable bonds is 7. The van der Waals surface area contributed by atoms with Gasteiger partial charge in [0.2, 0.25) is 6.79 Å². The summed E-state index contributed by atoms with van der Waals surface area (Å²) in [6.45, 7) is 5.12. The van der Waals surface area contributed by atoms with Gasteiger partial charge in [-0.3, -0.25) is 0 Å². The lowest BCUT2D eigenvalue weighted by atomic mass is 9.86. The van der Waals surface area contributed by atoms with Gasteiger partial charge in [0.25, 0.3) is 0 Å². The number of hydrogen-bond donors (Lipinski definition) is 1. The molecule has 1 N–H and O–H groups in total. The Morgan fingerprint density at radius 3 is 2.75 bits per heavy atom. The molecule has 0 bridgehead atoms. The van der Waals surface area contributed by atoms with E-state index in [0.29, 0.717) is 6.79 Å². The monoisotopic (exact) mass is 277 g/mol. The van der Waals surface area contributed by atoms with Crippen LogP contribution in [0.4, 0.5) is 0 Å². The highest BCUT2D eigenvalue weighted by molar-refractivity contribution is 5.51. The molecule has 20 heavy (non-hydrogen) atoms. The maximum Gasteiger partial charge on any atom is 0.231 e. The third kappa shape index (κ3) is 3.01. The Kier molecular flexibility index (Phi) is 4.31. The van der Waals surface area contributed by atoms with E-state index in [1.807, 2.05) is 12.1 Å². The SMILES string of the molecule is CCCNCc1cc2c(cc1OCC1CCC1)OCO2. The van der Waals surface area contributed by atoms with Crippen LogP contribution in [-0.4, -0.2) is 19.9 Å². The number of fused-ring (bicyclic) bond motifs is 1. The van der Waals surface area contributed by atoms with Crippen LogP contribution in [0.3, 0.4) is 0 Å². The van der Waals surface area contributed by atoms with Crippen LogP contribution < -0.4 is 19.5 Å². The van der Waals surface area contributed by atoms with Crippen LogP contribution in [0.1, 0.15) is 38.2 Å². The quantitative estimate of drug-likeness (QED) is 0.777. The van der Waals surface area contributed by atoms with Crippen LogP contribution in [0, 0.1) is 5.92 Å². The Bertz CT molecular complexity index is 457. The predicted octanol–water partition coefficient (Wildman–Crippen LogP) is 3.09. The van der Waals surface area contributed by atoms with Gasteiger partial charge in [0, 0.05) is 18.2 Å². The minimum Gasteiger partial charge on any atom is -0.493 e. The third-order valence-corrected chi connectivity index (χ3v) is 4.00. The minimum atomic E-state index is 0.309. The van der Waals surface area contributed by atoms with E-state index in [1.54, 1.807) is 0 Å². The predicted molar refractivity (Wildman–Crippen MR) is 77.4 cm³/mol. The summed E-state index contributed by atoms with van der Waals surface area (Å²) in [6.07, 6.45) is 5.07. The van der Waals surface area contributed by atoms with Gasteiger partial charge in [0.15, 0.2) is 11.5 Å². The molecule has 1 fully saturated rings. The Morgan fingerprint density at radius 1 is 1.25 bits per heavy atom. The molecule has 1 heterocycles. The number of hydrogen-bond acceptors (Lipinski definition) is 4. The Labute approximate surface area is 120 Å². The summed E-state index contributed by atoms with van der Waals surface area (Å²) in [4.78, 5) is 0. The van der Waals surface area contributed by atoms with Crippen molar-refractivity contribution in [3.05, 3.63) is 17.7 Å².